The molecule has 2 aliphatic heterocycles. The predicted octanol–water partition coefficient (Wildman–Crippen LogP) is 1.22. The van der Waals surface area contributed by atoms with E-state index in [-0.39, 0.29) is 31.7 Å². The third kappa shape index (κ3) is 6.17. The smallest absolute Gasteiger partial charge is 0.421 e. The summed E-state index contributed by atoms with van der Waals surface area (Å²) in [7, 11) is -1.75. The molecule has 1 unspecified atom stereocenters. The highest BCUT2D eigenvalue weighted by Crippen LogP contribution is 2.32. The fourth-order valence-electron chi connectivity index (χ4n) is 3.99. The minimum absolute atomic E-state index is 0.0343. The number of nitrogens with two attached hydrogens (primary N) is 1. The quantitative estimate of drug-likeness (QED) is 0.389. The zero-order valence-electron chi connectivity index (χ0n) is 20.6. The van der Waals surface area contributed by atoms with E-state index < -0.39 is 45.8 Å². The largest absolute Gasteiger partial charge is 0.496 e. The van der Waals surface area contributed by atoms with Crippen LogP contribution in [0.1, 0.15) is 43.5 Å². The van der Waals surface area contributed by atoms with Gasteiger partial charge in [0.05, 0.1) is 33.5 Å². The van der Waals surface area contributed by atoms with Crippen molar-refractivity contribution in [3.8, 4) is 11.5 Å². The van der Waals surface area contributed by atoms with Crippen LogP contribution in [-0.2, 0) is 28.4 Å². The Balaban J connectivity index is 1.52. The van der Waals surface area contributed by atoms with Crippen LogP contribution in [0.25, 0.3) is 0 Å². The lowest BCUT2D eigenvalue weighted by Crippen LogP contribution is -2.47. The van der Waals surface area contributed by atoms with Crippen LogP contribution in [-0.4, -0.2) is 82.4 Å². The van der Waals surface area contributed by atoms with Crippen molar-refractivity contribution < 1.29 is 45.5 Å². The molecule has 2 N–H and O–H groups in total. The number of primary amides is 1. The van der Waals surface area contributed by atoms with Gasteiger partial charge in [-0.3, -0.25) is 4.79 Å². The van der Waals surface area contributed by atoms with Crippen molar-refractivity contribution in [1.29, 1.82) is 0 Å². The molecular weight excluding hydrogens is 498 g/mol. The van der Waals surface area contributed by atoms with E-state index in [4.69, 9.17) is 28.4 Å². The number of carbonyl (C=O) groups excluding carboxylic acids is 3. The third-order valence-corrected chi connectivity index (χ3v) is 6.81. The lowest BCUT2D eigenvalue weighted by atomic mass is 9.91. The number of fused-ring (bicyclic) bond motifs is 2. The molecule has 1 aromatic carbocycles. The maximum absolute atomic E-state index is 12.6. The van der Waals surface area contributed by atoms with Crippen molar-refractivity contribution >= 4 is 28.3 Å². The van der Waals surface area contributed by atoms with Gasteiger partial charge in [-0.15, -0.1) is 4.28 Å². The highest BCUT2D eigenvalue weighted by molar-refractivity contribution is 7.81. The molecule has 1 aromatic rings. The first-order valence-electron chi connectivity index (χ1n) is 11.3. The first-order valence-corrected chi connectivity index (χ1v) is 12.6. The summed E-state index contributed by atoms with van der Waals surface area (Å²) in [6, 6.07) is 2.78. The molecule has 0 spiro atoms. The molecule has 0 aromatic heterocycles. The summed E-state index contributed by atoms with van der Waals surface area (Å²) < 4.78 is 50.5. The average molecular weight is 530 g/mol. The number of esters is 1. The number of hydrogen-bond acceptors (Lipinski definition) is 10. The molecule has 13 nitrogen and oxygen atoms in total. The van der Waals surface area contributed by atoms with Gasteiger partial charge in [0.1, 0.15) is 23.1 Å². The normalized spacial score (nSPS) is 19.8. The van der Waals surface area contributed by atoms with Gasteiger partial charge in [-0.1, -0.05) is 19.9 Å². The molecule has 200 valence electrons. The first kappa shape index (κ1) is 27.5. The van der Waals surface area contributed by atoms with Crippen LogP contribution in [0.15, 0.2) is 18.2 Å². The van der Waals surface area contributed by atoms with Crippen molar-refractivity contribution in [2.24, 2.45) is 11.1 Å². The fourth-order valence-corrected chi connectivity index (χ4v) is 4.88. The Morgan fingerprint density at radius 3 is 2.36 bits per heavy atom. The molecule has 2 bridgehead atoms. The number of nitrogens with zero attached hydrogens (tertiary/aromatic N) is 2. The standard InChI is InChI=1S/C22H31N3O10S/c1-22(2,10-11-33-20(27)18-16(31-3)6-5-7-17(18)32-4)13-34-36(29,30)35-25-14-8-9-15(19(23)26)24(12-14)21(25)28/h5-7,14-15H,8-13H2,1-4H3,(H2,23,26)/t14-,15?/m1/s1. The van der Waals surface area contributed by atoms with E-state index in [1.807, 2.05) is 0 Å². The Kier molecular flexibility index (Phi) is 8.31. The Morgan fingerprint density at radius 2 is 1.78 bits per heavy atom. The van der Waals surface area contributed by atoms with Crippen LogP contribution in [0, 0.1) is 5.41 Å². The van der Waals surface area contributed by atoms with Crippen molar-refractivity contribution in [1.82, 2.24) is 9.96 Å². The molecule has 2 atom stereocenters. The fraction of sp³-hybridized carbons (Fsp3) is 0.591. The molecular formula is C22H31N3O10S. The van der Waals surface area contributed by atoms with E-state index in [2.05, 4.69) is 0 Å². The second kappa shape index (κ2) is 10.9. The number of urea groups is 1. The van der Waals surface area contributed by atoms with Gasteiger partial charge in [-0.25, -0.2) is 13.8 Å². The van der Waals surface area contributed by atoms with Gasteiger partial charge in [0.2, 0.25) is 5.91 Å². The molecule has 0 aliphatic carbocycles. The summed E-state index contributed by atoms with van der Waals surface area (Å²) in [5, 5.41) is 0.716. The molecule has 2 heterocycles. The van der Waals surface area contributed by atoms with E-state index >= 15 is 0 Å². The monoisotopic (exact) mass is 529 g/mol. The number of amides is 3. The zero-order valence-corrected chi connectivity index (χ0v) is 21.4. The van der Waals surface area contributed by atoms with Crippen LogP contribution in [0.2, 0.25) is 0 Å². The van der Waals surface area contributed by atoms with E-state index in [0.717, 1.165) is 0 Å². The van der Waals surface area contributed by atoms with E-state index in [1.165, 1.54) is 19.1 Å². The Hall–Kier alpha value is -3.10. The maximum Gasteiger partial charge on any atom is 0.421 e. The van der Waals surface area contributed by atoms with Gasteiger partial charge < -0.3 is 24.8 Å². The average Bonchev–Trinajstić information content (AvgIpc) is 3.06. The summed E-state index contributed by atoms with van der Waals surface area (Å²) in [5.41, 5.74) is 4.72. The Bertz CT molecular complexity index is 1090. The number of piperidine rings is 1. The SMILES string of the molecule is COc1cccc(OC)c1C(=O)OCCC(C)(C)COS(=O)(=O)ON1C(=O)N2C[C@H]1CCC2C(N)=O. The Labute approximate surface area is 209 Å². The van der Waals surface area contributed by atoms with Crippen LogP contribution in [0.5, 0.6) is 11.5 Å². The van der Waals surface area contributed by atoms with Crippen LogP contribution in [0.3, 0.4) is 0 Å². The molecule has 14 heteroatoms. The summed E-state index contributed by atoms with van der Waals surface area (Å²) in [5.74, 6) is -0.719. The highest BCUT2D eigenvalue weighted by Gasteiger charge is 2.49. The third-order valence-electron chi connectivity index (χ3n) is 6.06. The predicted molar refractivity (Wildman–Crippen MR) is 124 cm³/mol. The zero-order chi connectivity index (χ0) is 26.7. The van der Waals surface area contributed by atoms with Gasteiger partial charge in [-0.05, 0) is 36.8 Å². The van der Waals surface area contributed by atoms with Crippen LogP contribution >= 0.6 is 0 Å². The highest BCUT2D eigenvalue weighted by atomic mass is 32.3. The molecule has 2 saturated heterocycles. The molecule has 36 heavy (non-hydrogen) atoms. The van der Waals surface area contributed by atoms with Crippen molar-refractivity contribution in [3.63, 3.8) is 0 Å². The molecule has 2 aliphatic rings. The van der Waals surface area contributed by atoms with Crippen LogP contribution < -0.4 is 15.2 Å². The minimum Gasteiger partial charge on any atom is -0.496 e. The van der Waals surface area contributed by atoms with E-state index in [1.54, 1.807) is 32.0 Å². The molecule has 2 fully saturated rings. The van der Waals surface area contributed by atoms with E-state index in [0.29, 0.717) is 29.4 Å². The summed E-state index contributed by atoms with van der Waals surface area (Å²) in [6.07, 6.45) is 0.934. The van der Waals surface area contributed by atoms with Crippen molar-refractivity contribution in [3.05, 3.63) is 23.8 Å². The van der Waals surface area contributed by atoms with Crippen molar-refractivity contribution in [2.75, 3.05) is 34.0 Å². The number of ether oxygens (including phenoxy) is 3. The lowest BCUT2D eigenvalue weighted by Gasteiger charge is -2.27. The Morgan fingerprint density at radius 1 is 1.14 bits per heavy atom. The summed E-state index contributed by atoms with van der Waals surface area (Å²) in [6.45, 7) is 3.24. The minimum atomic E-state index is -4.59. The second-order valence-electron chi connectivity index (χ2n) is 9.24. The number of rotatable bonds is 12. The summed E-state index contributed by atoms with van der Waals surface area (Å²) in [4.78, 5) is 37.9. The van der Waals surface area contributed by atoms with E-state index in [9.17, 15) is 22.8 Å². The van der Waals surface area contributed by atoms with Crippen LogP contribution in [0.4, 0.5) is 4.79 Å². The number of hydrogen-bond donors (Lipinski definition) is 1. The van der Waals surface area contributed by atoms with Gasteiger partial charge in [0.15, 0.2) is 0 Å². The van der Waals surface area contributed by atoms with Gasteiger partial charge in [0, 0.05) is 6.54 Å². The van der Waals surface area contributed by atoms with Gasteiger partial charge in [0.25, 0.3) is 0 Å². The number of hydroxylamine groups is 2. The van der Waals surface area contributed by atoms with Crippen molar-refractivity contribution in [2.45, 2.75) is 45.2 Å². The maximum atomic E-state index is 12.6. The number of benzene rings is 1. The topological polar surface area (TPSA) is 164 Å². The number of carbonyl (C=O) groups is 3. The molecule has 0 saturated carbocycles. The lowest BCUT2D eigenvalue weighted by molar-refractivity contribution is -0.122. The molecule has 3 amide bonds. The summed E-state index contributed by atoms with van der Waals surface area (Å²) >= 11 is 0. The molecule has 3 rings (SSSR count). The van der Waals surface area contributed by atoms with Gasteiger partial charge in [-0.2, -0.15) is 13.5 Å². The number of methoxy groups -OCH3 is 2. The van der Waals surface area contributed by atoms with Gasteiger partial charge >= 0.3 is 22.4 Å². The molecule has 0 radical (unpaired) electrons. The second-order valence-corrected chi connectivity index (χ2v) is 10.4. The first-order chi connectivity index (χ1) is 16.9.